The molecule has 0 bridgehead atoms. The van der Waals surface area contributed by atoms with E-state index in [4.69, 9.17) is 18.0 Å². The van der Waals surface area contributed by atoms with E-state index >= 15 is 0 Å². The zero-order valence-corrected chi connectivity index (χ0v) is 11.3. The average molecular weight is 234 g/mol. The van der Waals surface area contributed by atoms with Gasteiger partial charge in [-0.1, -0.05) is 19.9 Å². The standard InChI is InChI=1S/C10H22O4Si/c1-6-7-13-9-14-15(11-4,12-5)8-10(2)3/h6-7,10H,8-9H2,1-5H3. The second kappa shape index (κ2) is 7.87. The highest BCUT2D eigenvalue weighted by molar-refractivity contribution is 6.60. The molecule has 0 atom stereocenters. The van der Waals surface area contributed by atoms with E-state index in [1.807, 2.05) is 6.92 Å². The van der Waals surface area contributed by atoms with Gasteiger partial charge in [0.2, 0.25) is 0 Å². The maximum absolute atomic E-state index is 5.56. The monoisotopic (exact) mass is 234 g/mol. The summed E-state index contributed by atoms with van der Waals surface area (Å²) in [7, 11) is 0.722. The fourth-order valence-corrected chi connectivity index (χ4v) is 3.29. The Morgan fingerprint density at radius 2 is 1.80 bits per heavy atom. The number of rotatable bonds is 8. The molecule has 0 spiro atoms. The van der Waals surface area contributed by atoms with Crippen LogP contribution in [0.3, 0.4) is 0 Å². The van der Waals surface area contributed by atoms with Crippen molar-refractivity contribution in [1.82, 2.24) is 0 Å². The van der Waals surface area contributed by atoms with Gasteiger partial charge in [0.05, 0.1) is 6.26 Å². The lowest BCUT2D eigenvalue weighted by Gasteiger charge is -2.27. The summed E-state index contributed by atoms with van der Waals surface area (Å²) < 4.78 is 21.4. The van der Waals surface area contributed by atoms with Gasteiger partial charge in [0, 0.05) is 20.3 Å². The Bertz CT molecular complexity index is 178. The first kappa shape index (κ1) is 14.6. The molecule has 0 radical (unpaired) electrons. The van der Waals surface area contributed by atoms with Crippen molar-refractivity contribution < 1.29 is 18.0 Å². The van der Waals surface area contributed by atoms with Crippen LogP contribution in [-0.4, -0.2) is 29.8 Å². The molecule has 0 rings (SSSR count). The van der Waals surface area contributed by atoms with Crippen molar-refractivity contribution in [2.45, 2.75) is 26.8 Å². The third kappa shape index (κ3) is 5.94. The van der Waals surface area contributed by atoms with E-state index in [2.05, 4.69) is 13.8 Å². The first-order chi connectivity index (χ1) is 7.10. The molecule has 15 heavy (non-hydrogen) atoms. The van der Waals surface area contributed by atoms with E-state index in [9.17, 15) is 0 Å². The van der Waals surface area contributed by atoms with E-state index in [0.29, 0.717) is 5.92 Å². The van der Waals surface area contributed by atoms with Crippen molar-refractivity contribution in [3.63, 3.8) is 0 Å². The Balaban J connectivity index is 4.11. The van der Waals surface area contributed by atoms with Gasteiger partial charge in [-0.15, -0.1) is 0 Å². The van der Waals surface area contributed by atoms with Crippen LogP contribution in [0, 0.1) is 5.92 Å². The third-order valence-electron chi connectivity index (χ3n) is 1.86. The van der Waals surface area contributed by atoms with Gasteiger partial charge < -0.3 is 18.0 Å². The summed E-state index contributed by atoms with van der Waals surface area (Å²) in [5, 5.41) is 0. The molecule has 0 heterocycles. The smallest absolute Gasteiger partial charge is 0.476 e. The summed E-state index contributed by atoms with van der Waals surface area (Å²) in [5.74, 6) is 0.471. The van der Waals surface area contributed by atoms with E-state index in [1.165, 1.54) is 0 Å². The molecule has 0 saturated heterocycles. The van der Waals surface area contributed by atoms with Crippen LogP contribution < -0.4 is 0 Å². The highest BCUT2D eigenvalue weighted by atomic mass is 28.4. The molecule has 0 aliphatic carbocycles. The molecular formula is C10H22O4Si. The Morgan fingerprint density at radius 1 is 1.20 bits per heavy atom. The lowest BCUT2D eigenvalue weighted by atomic mass is 10.3. The van der Waals surface area contributed by atoms with Gasteiger partial charge >= 0.3 is 8.80 Å². The van der Waals surface area contributed by atoms with Crippen LogP contribution >= 0.6 is 0 Å². The topological polar surface area (TPSA) is 36.9 Å². The highest BCUT2D eigenvalue weighted by Gasteiger charge is 2.39. The molecule has 0 aromatic heterocycles. The van der Waals surface area contributed by atoms with Crippen molar-refractivity contribution >= 4 is 8.80 Å². The largest absolute Gasteiger partial charge is 0.503 e. The predicted octanol–water partition coefficient (Wildman–Crippen LogP) is 2.40. The number of hydrogen-bond acceptors (Lipinski definition) is 4. The molecule has 0 aromatic rings. The van der Waals surface area contributed by atoms with Gasteiger partial charge in [0.25, 0.3) is 0 Å². The van der Waals surface area contributed by atoms with Crippen molar-refractivity contribution in [3.8, 4) is 0 Å². The van der Waals surface area contributed by atoms with Crippen LogP contribution in [0.25, 0.3) is 0 Å². The Labute approximate surface area is 93.5 Å². The molecule has 90 valence electrons. The van der Waals surface area contributed by atoms with Gasteiger partial charge in [-0.05, 0) is 12.8 Å². The summed E-state index contributed by atoms with van der Waals surface area (Å²) in [6.45, 7) is 6.27. The highest BCUT2D eigenvalue weighted by Crippen LogP contribution is 2.19. The molecule has 0 aliphatic rings. The first-order valence-electron chi connectivity index (χ1n) is 5.07. The van der Waals surface area contributed by atoms with Gasteiger partial charge in [-0.3, -0.25) is 0 Å². The van der Waals surface area contributed by atoms with E-state index in [0.717, 1.165) is 6.04 Å². The van der Waals surface area contributed by atoms with Crippen LogP contribution in [0.5, 0.6) is 0 Å². The van der Waals surface area contributed by atoms with Gasteiger partial charge in [0.1, 0.15) is 0 Å². The molecule has 0 aromatic carbocycles. The van der Waals surface area contributed by atoms with Gasteiger partial charge in [-0.25, -0.2) is 0 Å². The van der Waals surface area contributed by atoms with Gasteiger partial charge in [-0.2, -0.15) is 0 Å². The second-order valence-electron chi connectivity index (χ2n) is 3.59. The molecule has 0 unspecified atom stereocenters. The minimum absolute atomic E-state index is 0.172. The molecule has 0 saturated carbocycles. The Hall–Kier alpha value is -0.363. The van der Waals surface area contributed by atoms with E-state index in [1.54, 1.807) is 26.6 Å². The van der Waals surface area contributed by atoms with E-state index in [-0.39, 0.29) is 6.79 Å². The average Bonchev–Trinajstić information content (AvgIpc) is 2.22. The van der Waals surface area contributed by atoms with Crippen molar-refractivity contribution in [2.24, 2.45) is 5.92 Å². The predicted molar refractivity (Wildman–Crippen MR) is 61.3 cm³/mol. The summed E-state index contributed by atoms with van der Waals surface area (Å²) in [5.41, 5.74) is 0. The lowest BCUT2D eigenvalue weighted by molar-refractivity contribution is 0.00464. The SMILES string of the molecule is CC=COCO[Si](CC(C)C)(OC)OC. The maximum Gasteiger partial charge on any atom is 0.503 e. The minimum atomic E-state index is -2.52. The summed E-state index contributed by atoms with van der Waals surface area (Å²) in [6.07, 6.45) is 3.38. The van der Waals surface area contributed by atoms with Crippen LogP contribution in [0.2, 0.25) is 6.04 Å². The molecule has 0 aliphatic heterocycles. The summed E-state index contributed by atoms with van der Waals surface area (Å²) in [6, 6.07) is 0.791. The van der Waals surface area contributed by atoms with Crippen molar-refractivity contribution in [3.05, 3.63) is 12.3 Å². The molecule has 0 N–H and O–H groups in total. The fourth-order valence-electron chi connectivity index (χ4n) is 1.19. The first-order valence-corrected chi connectivity index (χ1v) is 7.00. The maximum atomic E-state index is 5.56. The van der Waals surface area contributed by atoms with Crippen LogP contribution in [0.4, 0.5) is 0 Å². The van der Waals surface area contributed by atoms with Crippen molar-refractivity contribution in [2.75, 3.05) is 21.0 Å². The van der Waals surface area contributed by atoms with Crippen LogP contribution in [-0.2, 0) is 18.0 Å². The quantitative estimate of drug-likeness (QED) is 0.280. The van der Waals surface area contributed by atoms with E-state index < -0.39 is 8.80 Å². The summed E-state index contributed by atoms with van der Waals surface area (Å²) >= 11 is 0. The Kier molecular flexibility index (Phi) is 7.68. The number of hydrogen-bond donors (Lipinski definition) is 0. The molecular weight excluding hydrogens is 212 g/mol. The number of allylic oxidation sites excluding steroid dienone is 1. The number of ether oxygens (including phenoxy) is 1. The molecule has 0 amide bonds. The summed E-state index contributed by atoms with van der Waals surface area (Å²) in [4.78, 5) is 0. The minimum Gasteiger partial charge on any atom is -0.476 e. The zero-order valence-electron chi connectivity index (χ0n) is 10.3. The van der Waals surface area contributed by atoms with Crippen LogP contribution in [0.15, 0.2) is 12.3 Å². The molecule has 5 heteroatoms. The second-order valence-corrected chi connectivity index (χ2v) is 6.47. The normalized spacial score (nSPS) is 12.7. The lowest BCUT2D eigenvalue weighted by Crippen LogP contribution is -2.45. The fraction of sp³-hybridized carbons (Fsp3) is 0.800. The molecule has 4 nitrogen and oxygen atoms in total. The third-order valence-corrected chi connectivity index (χ3v) is 4.98. The Morgan fingerprint density at radius 3 is 2.20 bits per heavy atom. The molecule has 0 fully saturated rings. The van der Waals surface area contributed by atoms with Gasteiger partial charge in [0.15, 0.2) is 6.79 Å². The van der Waals surface area contributed by atoms with Crippen LogP contribution in [0.1, 0.15) is 20.8 Å². The zero-order chi connectivity index (χ0) is 11.7. The van der Waals surface area contributed by atoms with Crippen molar-refractivity contribution in [1.29, 1.82) is 0 Å².